The first-order chi connectivity index (χ1) is 14.2. The molecule has 0 aliphatic carbocycles. The molecule has 1 fully saturated rings. The number of H-pyrrole nitrogens is 1. The Bertz CT molecular complexity index is 1210. The first-order valence-electron chi connectivity index (χ1n) is 10.3. The lowest BCUT2D eigenvalue weighted by Crippen LogP contribution is -2.29. The van der Waals surface area contributed by atoms with Crippen molar-refractivity contribution in [2.75, 3.05) is 13.1 Å². The zero-order valence-electron chi connectivity index (χ0n) is 16.6. The molecule has 2 aliphatic rings. The Morgan fingerprint density at radius 3 is 2.90 bits per heavy atom. The molecule has 6 heteroatoms. The molecule has 1 unspecified atom stereocenters. The van der Waals surface area contributed by atoms with Gasteiger partial charge < -0.3 is 0 Å². The van der Waals surface area contributed by atoms with Crippen LogP contribution < -0.4 is 0 Å². The number of nitrogens with zero attached hydrogens (tertiary/aromatic N) is 5. The van der Waals surface area contributed by atoms with Gasteiger partial charge in [-0.25, -0.2) is 0 Å². The average molecular weight is 384 g/mol. The van der Waals surface area contributed by atoms with Crippen molar-refractivity contribution < 1.29 is 0 Å². The summed E-state index contributed by atoms with van der Waals surface area (Å²) in [5, 5.41) is 13.4. The second kappa shape index (κ2) is 6.26. The minimum Gasteiger partial charge on any atom is -0.297 e. The van der Waals surface area contributed by atoms with Crippen LogP contribution in [0.1, 0.15) is 29.8 Å². The third-order valence-electron chi connectivity index (χ3n) is 6.76. The van der Waals surface area contributed by atoms with Gasteiger partial charge in [0.05, 0.1) is 23.1 Å². The Hall–Kier alpha value is -2.99. The quantitative estimate of drug-likeness (QED) is 0.585. The minimum atomic E-state index is 0.226. The zero-order chi connectivity index (χ0) is 19.4. The van der Waals surface area contributed by atoms with Crippen molar-refractivity contribution in [1.29, 1.82) is 0 Å². The Balaban J connectivity index is 1.29. The molecule has 1 saturated heterocycles. The van der Waals surface area contributed by atoms with Gasteiger partial charge in [0.2, 0.25) is 0 Å². The molecule has 5 heterocycles. The first kappa shape index (κ1) is 16.9. The topological polar surface area (TPSA) is 62.6 Å². The van der Waals surface area contributed by atoms with Crippen LogP contribution in [0.15, 0.2) is 48.8 Å². The predicted molar refractivity (Wildman–Crippen MR) is 112 cm³/mol. The smallest absolute Gasteiger partial charge is 0.0941 e. The van der Waals surface area contributed by atoms with E-state index in [1.165, 1.54) is 29.8 Å². The maximum absolute atomic E-state index is 4.94. The molecule has 0 amide bonds. The van der Waals surface area contributed by atoms with Gasteiger partial charge in [-0.1, -0.05) is 18.2 Å². The molecule has 146 valence electrons. The third-order valence-corrected chi connectivity index (χ3v) is 6.76. The molecule has 6 rings (SSSR count). The van der Waals surface area contributed by atoms with Gasteiger partial charge in [-0.15, -0.1) is 0 Å². The van der Waals surface area contributed by atoms with E-state index in [4.69, 9.17) is 5.10 Å². The first-order valence-corrected chi connectivity index (χ1v) is 10.3. The summed E-state index contributed by atoms with van der Waals surface area (Å²) in [5.41, 5.74) is 7.27. The predicted octanol–water partition coefficient (Wildman–Crippen LogP) is 3.68. The minimum absolute atomic E-state index is 0.226. The molecule has 2 aliphatic heterocycles. The number of para-hydroxylation sites is 1. The summed E-state index contributed by atoms with van der Waals surface area (Å²) in [6.07, 6.45) is 6.25. The van der Waals surface area contributed by atoms with Crippen LogP contribution in [0, 0.1) is 6.92 Å². The molecule has 4 aromatic rings. The summed E-state index contributed by atoms with van der Waals surface area (Å²) in [6, 6.07) is 12.8. The van der Waals surface area contributed by atoms with Crippen LogP contribution in [0.3, 0.4) is 0 Å². The van der Waals surface area contributed by atoms with E-state index >= 15 is 0 Å². The number of pyridine rings is 1. The summed E-state index contributed by atoms with van der Waals surface area (Å²) < 4.78 is 2.23. The van der Waals surface area contributed by atoms with Crippen molar-refractivity contribution in [1.82, 2.24) is 29.9 Å². The Morgan fingerprint density at radius 2 is 2.00 bits per heavy atom. The number of fused-ring (bicyclic) bond motifs is 3. The molecule has 1 N–H and O–H groups in total. The Kier molecular flexibility index (Phi) is 3.65. The monoisotopic (exact) mass is 384 g/mol. The fourth-order valence-electron chi connectivity index (χ4n) is 5.08. The van der Waals surface area contributed by atoms with Crippen molar-refractivity contribution in [3.8, 4) is 11.3 Å². The van der Waals surface area contributed by atoms with Crippen molar-refractivity contribution in [3.63, 3.8) is 0 Å². The molecule has 1 atom stereocenters. The normalized spacial score (nSPS) is 21.4. The molecule has 3 aromatic heterocycles. The highest BCUT2D eigenvalue weighted by atomic mass is 15.3. The number of nitrogens with one attached hydrogen (secondary N) is 1. The summed E-state index contributed by atoms with van der Waals surface area (Å²) in [7, 11) is 0. The Morgan fingerprint density at radius 1 is 1.10 bits per heavy atom. The number of hydrogen-bond acceptors (Lipinski definition) is 4. The van der Waals surface area contributed by atoms with Gasteiger partial charge >= 0.3 is 0 Å². The second-order valence-corrected chi connectivity index (χ2v) is 8.58. The van der Waals surface area contributed by atoms with Gasteiger partial charge in [-0.05, 0) is 50.1 Å². The van der Waals surface area contributed by atoms with Gasteiger partial charge in [0.15, 0.2) is 0 Å². The van der Waals surface area contributed by atoms with Crippen LogP contribution in [0.25, 0.3) is 22.2 Å². The third kappa shape index (κ3) is 2.70. The van der Waals surface area contributed by atoms with E-state index in [0.717, 1.165) is 48.3 Å². The number of aromatic amines is 1. The maximum Gasteiger partial charge on any atom is 0.0941 e. The molecule has 0 radical (unpaired) electrons. The van der Waals surface area contributed by atoms with Crippen LogP contribution in [0.4, 0.5) is 0 Å². The molecule has 6 nitrogen and oxygen atoms in total. The number of likely N-dealkylation sites (tertiary alicyclic amines) is 1. The van der Waals surface area contributed by atoms with Crippen molar-refractivity contribution >= 4 is 10.9 Å². The molecule has 1 aromatic carbocycles. The van der Waals surface area contributed by atoms with Crippen LogP contribution in [-0.4, -0.2) is 43.0 Å². The number of benzene rings is 1. The van der Waals surface area contributed by atoms with Crippen molar-refractivity contribution in [2.24, 2.45) is 0 Å². The SMILES string of the molecule is Cc1cn[nH]c1CN1CCC2(CCn3nc(-c4cnc5ccccc5c4)cc32)C1. The molecule has 0 saturated carbocycles. The largest absolute Gasteiger partial charge is 0.297 e. The number of aromatic nitrogens is 5. The fraction of sp³-hybridized carbons (Fsp3) is 0.348. The van der Waals surface area contributed by atoms with E-state index < -0.39 is 0 Å². The van der Waals surface area contributed by atoms with Crippen LogP contribution in [0.5, 0.6) is 0 Å². The number of aryl methyl sites for hydroxylation is 2. The van der Waals surface area contributed by atoms with Gasteiger partial charge in [-0.2, -0.15) is 10.2 Å². The molecule has 1 spiro atoms. The maximum atomic E-state index is 4.94. The van der Waals surface area contributed by atoms with Crippen molar-refractivity contribution in [2.45, 2.75) is 38.3 Å². The van der Waals surface area contributed by atoms with E-state index in [1.807, 2.05) is 18.5 Å². The van der Waals surface area contributed by atoms with Gasteiger partial charge in [0.1, 0.15) is 0 Å². The second-order valence-electron chi connectivity index (χ2n) is 8.58. The molecular formula is C23H24N6. The van der Waals surface area contributed by atoms with E-state index in [9.17, 15) is 0 Å². The standard InChI is InChI=1S/C23H24N6/c1-16-12-25-26-21(16)14-28-8-6-23(15-28)7-9-29-22(23)11-20(27-29)18-10-17-4-2-3-5-19(17)24-13-18/h2-5,10-13H,6-9,14-15H2,1H3,(H,25,26). The lowest BCUT2D eigenvalue weighted by atomic mass is 9.82. The molecule has 29 heavy (non-hydrogen) atoms. The molecular weight excluding hydrogens is 360 g/mol. The van der Waals surface area contributed by atoms with Gasteiger partial charge in [-0.3, -0.25) is 19.7 Å². The van der Waals surface area contributed by atoms with E-state index in [1.54, 1.807) is 0 Å². The van der Waals surface area contributed by atoms with E-state index in [-0.39, 0.29) is 5.41 Å². The van der Waals surface area contributed by atoms with Gasteiger partial charge in [0.25, 0.3) is 0 Å². The highest BCUT2D eigenvalue weighted by Crippen LogP contribution is 2.44. The lowest BCUT2D eigenvalue weighted by molar-refractivity contribution is 0.298. The lowest BCUT2D eigenvalue weighted by Gasteiger charge is -2.23. The summed E-state index contributed by atoms with van der Waals surface area (Å²) in [5.74, 6) is 0. The van der Waals surface area contributed by atoms with Crippen LogP contribution in [-0.2, 0) is 18.5 Å². The van der Waals surface area contributed by atoms with Crippen LogP contribution >= 0.6 is 0 Å². The highest BCUT2D eigenvalue weighted by molar-refractivity contribution is 5.82. The van der Waals surface area contributed by atoms with E-state index in [0.29, 0.717) is 0 Å². The zero-order valence-corrected chi connectivity index (χ0v) is 16.6. The van der Waals surface area contributed by atoms with Gasteiger partial charge in [0, 0.05) is 47.9 Å². The fourth-order valence-corrected chi connectivity index (χ4v) is 5.08. The molecule has 0 bridgehead atoms. The highest BCUT2D eigenvalue weighted by Gasteiger charge is 2.45. The Labute approximate surface area is 169 Å². The summed E-state index contributed by atoms with van der Waals surface area (Å²) in [6.45, 7) is 6.29. The average Bonchev–Trinajstić information content (AvgIpc) is 3.50. The van der Waals surface area contributed by atoms with E-state index in [2.05, 4.69) is 62.0 Å². The number of rotatable bonds is 3. The van der Waals surface area contributed by atoms with Crippen LogP contribution in [0.2, 0.25) is 0 Å². The summed E-state index contributed by atoms with van der Waals surface area (Å²) >= 11 is 0. The summed E-state index contributed by atoms with van der Waals surface area (Å²) in [4.78, 5) is 7.18. The van der Waals surface area contributed by atoms with Crippen molar-refractivity contribution in [3.05, 3.63) is 65.7 Å². The number of hydrogen-bond donors (Lipinski definition) is 1.